The summed E-state index contributed by atoms with van der Waals surface area (Å²) in [5, 5.41) is 17.0. The first-order valence-corrected chi connectivity index (χ1v) is 13.3. The number of rotatable bonds is 7. The summed E-state index contributed by atoms with van der Waals surface area (Å²) in [6.07, 6.45) is 5.89. The van der Waals surface area contributed by atoms with Crippen LogP contribution in [-0.2, 0) is 11.2 Å². The number of piperazine rings is 1. The zero-order valence-corrected chi connectivity index (χ0v) is 23.4. The minimum atomic E-state index is -1.00. The molecule has 3 atom stereocenters. The molecule has 3 heterocycles. The quantitative estimate of drug-likeness (QED) is 0.448. The molecule has 37 heavy (non-hydrogen) atoms. The van der Waals surface area contributed by atoms with Gasteiger partial charge in [-0.15, -0.1) is 36.2 Å². The molecule has 1 amide bonds. The van der Waals surface area contributed by atoms with Crippen LogP contribution in [0.5, 0.6) is 0 Å². The van der Waals surface area contributed by atoms with Gasteiger partial charge in [-0.3, -0.25) is 4.79 Å². The number of amides is 1. The van der Waals surface area contributed by atoms with Crippen molar-refractivity contribution in [2.75, 3.05) is 33.4 Å². The van der Waals surface area contributed by atoms with Gasteiger partial charge in [0, 0.05) is 44.1 Å². The second kappa shape index (κ2) is 13.2. The minimum Gasteiger partial charge on any atom is -0.385 e. The SMILES string of the molecule is COC[C@]1(O)CCCC[C@H]1n1cnc(C(=O)N2CCNC[C@H]2Cc2cscn2)c1-c1ccccc1.Cl.Cl. The Bertz CT molecular complexity index is 1130. The molecule has 1 aliphatic carbocycles. The van der Waals surface area contributed by atoms with E-state index in [1.807, 2.05) is 50.7 Å². The highest BCUT2D eigenvalue weighted by Crippen LogP contribution is 2.41. The molecule has 2 aromatic heterocycles. The number of methoxy groups -OCH3 is 1. The maximum atomic E-state index is 14.0. The van der Waals surface area contributed by atoms with Gasteiger partial charge in [-0.25, -0.2) is 9.97 Å². The summed E-state index contributed by atoms with van der Waals surface area (Å²) in [4.78, 5) is 25.1. The lowest BCUT2D eigenvalue weighted by Crippen LogP contribution is -2.54. The van der Waals surface area contributed by atoms with Gasteiger partial charge in [0.15, 0.2) is 5.69 Å². The topological polar surface area (TPSA) is 92.5 Å². The van der Waals surface area contributed by atoms with Crippen LogP contribution in [0.25, 0.3) is 11.3 Å². The zero-order chi connectivity index (χ0) is 24.3. The summed E-state index contributed by atoms with van der Waals surface area (Å²) in [5.41, 5.74) is 3.96. The average molecular weight is 569 g/mol. The Morgan fingerprint density at radius 2 is 2.05 bits per heavy atom. The normalized spacial score (nSPS) is 23.7. The number of carbonyl (C=O) groups is 1. The van der Waals surface area contributed by atoms with Gasteiger partial charge in [-0.2, -0.15) is 0 Å². The van der Waals surface area contributed by atoms with Crippen LogP contribution in [-0.4, -0.2) is 75.4 Å². The van der Waals surface area contributed by atoms with E-state index in [4.69, 9.17) is 4.74 Å². The number of nitrogens with one attached hydrogen (secondary N) is 1. The lowest BCUT2D eigenvalue weighted by molar-refractivity contribution is -0.0893. The van der Waals surface area contributed by atoms with E-state index >= 15 is 0 Å². The largest absolute Gasteiger partial charge is 0.385 e. The molecule has 1 aromatic carbocycles. The van der Waals surface area contributed by atoms with Gasteiger partial charge in [0.25, 0.3) is 5.91 Å². The van der Waals surface area contributed by atoms with E-state index in [0.29, 0.717) is 25.1 Å². The summed E-state index contributed by atoms with van der Waals surface area (Å²) in [6, 6.07) is 9.72. The van der Waals surface area contributed by atoms with Gasteiger partial charge < -0.3 is 24.6 Å². The predicted octanol–water partition coefficient (Wildman–Crippen LogP) is 4.00. The van der Waals surface area contributed by atoms with E-state index < -0.39 is 5.60 Å². The lowest BCUT2D eigenvalue weighted by atomic mass is 9.80. The van der Waals surface area contributed by atoms with Crippen molar-refractivity contribution in [1.82, 2.24) is 24.8 Å². The summed E-state index contributed by atoms with van der Waals surface area (Å²) in [6.45, 7) is 2.34. The smallest absolute Gasteiger partial charge is 0.275 e. The van der Waals surface area contributed by atoms with Gasteiger partial charge in [0.1, 0.15) is 5.60 Å². The number of imidazole rings is 1. The standard InChI is InChI=1S/C26H33N5O3S.2ClH/c1-34-16-26(33)10-6-5-9-22(26)31-17-28-23(24(31)19-7-3-2-4-8-19)25(32)30-12-11-27-14-21(30)13-20-15-35-18-29-20;;/h2-4,7-8,15,17-18,21-22,27,33H,5-6,9-14,16H2,1H3;2*1H/t21-,22-,26-;;/m1../s1. The van der Waals surface area contributed by atoms with Crippen molar-refractivity contribution in [1.29, 1.82) is 0 Å². The number of benzene rings is 1. The van der Waals surface area contributed by atoms with Crippen molar-refractivity contribution < 1.29 is 14.6 Å². The third kappa shape index (κ3) is 6.19. The third-order valence-corrected chi connectivity index (χ3v) is 7.91. The van der Waals surface area contributed by atoms with Gasteiger partial charge >= 0.3 is 0 Å². The van der Waals surface area contributed by atoms with Crippen molar-refractivity contribution >= 4 is 42.1 Å². The zero-order valence-electron chi connectivity index (χ0n) is 20.9. The molecule has 8 nitrogen and oxygen atoms in total. The molecule has 2 N–H and O–H groups in total. The molecule has 0 radical (unpaired) electrons. The number of ether oxygens (including phenoxy) is 1. The highest BCUT2D eigenvalue weighted by Gasteiger charge is 2.42. The molecule has 2 fully saturated rings. The van der Waals surface area contributed by atoms with Crippen molar-refractivity contribution in [2.45, 2.75) is 49.8 Å². The Labute approximate surface area is 234 Å². The number of aliphatic hydroxyl groups is 1. The second-order valence-electron chi connectivity index (χ2n) is 9.55. The molecule has 2 aliphatic rings. The number of halogens is 2. The van der Waals surface area contributed by atoms with E-state index in [1.165, 1.54) is 0 Å². The van der Waals surface area contributed by atoms with Crippen molar-refractivity contribution in [2.24, 2.45) is 0 Å². The fourth-order valence-corrected chi connectivity index (χ4v) is 6.15. The Hall–Kier alpha value is -2.01. The van der Waals surface area contributed by atoms with Gasteiger partial charge in [-0.05, 0) is 12.8 Å². The molecule has 5 rings (SSSR count). The van der Waals surface area contributed by atoms with E-state index in [2.05, 4.69) is 15.3 Å². The predicted molar refractivity (Wildman–Crippen MR) is 150 cm³/mol. The van der Waals surface area contributed by atoms with E-state index in [0.717, 1.165) is 49.3 Å². The highest BCUT2D eigenvalue weighted by atomic mass is 35.5. The first-order chi connectivity index (χ1) is 17.1. The van der Waals surface area contributed by atoms with Gasteiger partial charge in [0.05, 0.1) is 41.9 Å². The Balaban J connectivity index is 0.00000190. The molecule has 11 heteroatoms. The molecular formula is C26H35Cl2N5O3S. The molecule has 1 saturated carbocycles. The maximum absolute atomic E-state index is 14.0. The van der Waals surface area contributed by atoms with Crippen LogP contribution in [0.2, 0.25) is 0 Å². The summed E-state index contributed by atoms with van der Waals surface area (Å²) < 4.78 is 7.45. The van der Waals surface area contributed by atoms with Crippen molar-refractivity contribution in [3.63, 3.8) is 0 Å². The molecular weight excluding hydrogens is 533 g/mol. The van der Waals surface area contributed by atoms with E-state index in [-0.39, 0.29) is 49.4 Å². The number of nitrogens with zero attached hydrogens (tertiary/aromatic N) is 4. The van der Waals surface area contributed by atoms with Crippen LogP contribution < -0.4 is 5.32 Å². The minimum absolute atomic E-state index is 0. The molecule has 1 aliphatic heterocycles. The Morgan fingerprint density at radius 1 is 1.24 bits per heavy atom. The molecule has 0 unspecified atom stereocenters. The molecule has 202 valence electrons. The molecule has 1 saturated heterocycles. The van der Waals surface area contributed by atoms with Gasteiger partial charge in [0.2, 0.25) is 0 Å². The first-order valence-electron chi connectivity index (χ1n) is 12.3. The first kappa shape index (κ1) is 29.5. The molecule has 3 aromatic rings. The van der Waals surface area contributed by atoms with Crippen LogP contribution >= 0.6 is 36.2 Å². The Kier molecular flexibility index (Phi) is 10.5. The third-order valence-electron chi connectivity index (χ3n) is 7.27. The number of hydrogen-bond donors (Lipinski definition) is 2. The number of carbonyl (C=O) groups excluding carboxylic acids is 1. The van der Waals surface area contributed by atoms with Crippen LogP contribution in [0.15, 0.2) is 47.5 Å². The monoisotopic (exact) mass is 567 g/mol. The van der Waals surface area contributed by atoms with E-state index in [1.54, 1.807) is 24.8 Å². The van der Waals surface area contributed by atoms with Crippen LogP contribution in [0, 0.1) is 0 Å². The van der Waals surface area contributed by atoms with E-state index in [9.17, 15) is 9.90 Å². The number of thiazole rings is 1. The van der Waals surface area contributed by atoms with Gasteiger partial charge in [-0.1, -0.05) is 43.2 Å². The Morgan fingerprint density at radius 3 is 2.78 bits per heavy atom. The number of aromatic nitrogens is 3. The molecule has 0 bridgehead atoms. The summed E-state index contributed by atoms with van der Waals surface area (Å²) in [5.74, 6) is -0.0737. The average Bonchev–Trinajstić information content (AvgIpc) is 3.55. The van der Waals surface area contributed by atoms with Crippen LogP contribution in [0.3, 0.4) is 0 Å². The lowest BCUT2D eigenvalue weighted by Gasteiger charge is -2.41. The molecule has 0 spiro atoms. The summed E-state index contributed by atoms with van der Waals surface area (Å²) >= 11 is 1.57. The van der Waals surface area contributed by atoms with Crippen LogP contribution in [0.1, 0.15) is 47.9 Å². The van der Waals surface area contributed by atoms with Crippen LogP contribution in [0.4, 0.5) is 0 Å². The number of hydrogen-bond acceptors (Lipinski definition) is 7. The van der Waals surface area contributed by atoms with Crippen molar-refractivity contribution in [3.05, 3.63) is 58.9 Å². The fourth-order valence-electron chi connectivity index (χ4n) is 5.58. The highest BCUT2D eigenvalue weighted by molar-refractivity contribution is 7.07. The second-order valence-corrected chi connectivity index (χ2v) is 10.3. The van der Waals surface area contributed by atoms with Crippen molar-refractivity contribution in [3.8, 4) is 11.3 Å². The summed E-state index contributed by atoms with van der Waals surface area (Å²) in [7, 11) is 1.62. The maximum Gasteiger partial charge on any atom is 0.275 e. The fraction of sp³-hybridized carbons (Fsp3) is 0.500.